The van der Waals surface area contributed by atoms with Crippen LogP contribution in [0.25, 0.3) is 0 Å². The summed E-state index contributed by atoms with van der Waals surface area (Å²) < 4.78 is 4.91. The smallest absolute Gasteiger partial charge is 0.307 e. The predicted molar refractivity (Wildman–Crippen MR) is 167 cm³/mol. The molecule has 0 spiro atoms. The Kier molecular flexibility index (Phi) is 29.7. The number of carboxylic acid groups (broad SMARTS) is 1. The summed E-state index contributed by atoms with van der Waals surface area (Å²) in [5.41, 5.74) is 0. The second-order valence-corrected chi connectivity index (χ2v) is 11.5. The van der Waals surface area contributed by atoms with Gasteiger partial charge in [-0.05, 0) is 32.1 Å². The summed E-state index contributed by atoms with van der Waals surface area (Å²) in [7, 11) is 0. The lowest BCUT2D eigenvalue weighted by Crippen LogP contribution is -2.19. The fourth-order valence-electron chi connectivity index (χ4n) is 5.13. The first-order valence-corrected chi connectivity index (χ1v) is 16.8. The lowest BCUT2D eigenvalue weighted by molar-refractivity contribution is -0.151. The van der Waals surface area contributed by atoms with Gasteiger partial charge in [-0.2, -0.15) is 0 Å². The minimum Gasteiger partial charge on any atom is -0.481 e. The van der Waals surface area contributed by atoms with E-state index in [1.807, 2.05) is 0 Å². The second-order valence-electron chi connectivity index (χ2n) is 11.5. The van der Waals surface area contributed by atoms with Crippen molar-refractivity contribution in [2.45, 2.75) is 174 Å². The highest BCUT2D eigenvalue weighted by Crippen LogP contribution is 2.18. The Morgan fingerprint density at radius 3 is 1.41 bits per heavy atom. The molecule has 0 bridgehead atoms. The van der Waals surface area contributed by atoms with Gasteiger partial charge in [0, 0.05) is 0 Å². The monoisotopic (exact) mass is 548 g/mol. The van der Waals surface area contributed by atoms with Gasteiger partial charge in [0.1, 0.15) is 6.61 Å². The van der Waals surface area contributed by atoms with E-state index in [4.69, 9.17) is 4.74 Å². The van der Waals surface area contributed by atoms with Crippen LogP contribution in [0.15, 0.2) is 24.8 Å². The summed E-state index contributed by atoms with van der Waals surface area (Å²) in [6.45, 7) is 5.92. The average molecular weight is 549 g/mol. The van der Waals surface area contributed by atoms with E-state index in [1.54, 1.807) is 0 Å². The van der Waals surface area contributed by atoms with E-state index >= 15 is 0 Å². The SMILES string of the molecule is C=CCOC(=O)CC(CCCCCCCCCCC/C=C/CCCCCCCCCCCCCCC)C(=O)O. The second kappa shape index (κ2) is 31.0. The first-order chi connectivity index (χ1) is 19.1. The quantitative estimate of drug-likeness (QED) is 0.0531. The lowest BCUT2D eigenvalue weighted by Gasteiger charge is -2.11. The van der Waals surface area contributed by atoms with Crippen LogP contribution in [-0.4, -0.2) is 23.7 Å². The van der Waals surface area contributed by atoms with Crippen LogP contribution in [0.3, 0.4) is 0 Å². The van der Waals surface area contributed by atoms with Crippen LogP contribution in [0.5, 0.6) is 0 Å². The third-order valence-electron chi connectivity index (χ3n) is 7.69. The van der Waals surface area contributed by atoms with Crippen LogP contribution < -0.4 is 0 Å². The largest absolute Gasteiger partial charge is 0.481 e. The van der Waals surface area contributed by atoms with Crippen molar-refractivity contribution in [1.82, 2.24) is 0 Å². The fraction of sp³-hybridized carbons (Fsp3) is 0.829. The van der Waals surface area contributed by atoms with E-state index in [2.05, 4.69) is 25.7 Å². The normalized spacial score (nSPS) is 12.1. The summed E-state index contributed by atoms with van der Waals surface area (Å²) in [6, 6.07) is 0. The molecule has 0 aliphatic rings. The Balaban J connectivity index is 3.34. The zero-order valence-electron chi connectivity index (χ0n) is 25.8. The molecule has 0 fully saturated rings. The molecule has 228 valence electrons. The number of rotatable bonds is 31. The van der Waals surface area contributed by atoms with Gasteiger partial charge in [0.05, 0.1) is 12.3 Å². The number of hydrogen-bond acceptors (Lipinski definition) is 3. The van der Waals surface area contributed by atoms with E-state index in [1.165, 1.54) is 141 Å². The molecule has 0 aromatic carbocycles. The number of unbranched alkanes of at least 4 members (excludes halogenated alkanes) is 22. The summed E-state index contributed by atoms with van der Waals surface area (Å²) in [6.07, 6.45) is 38.5. The van der Waals surface area contributed by atoms with E-state index in [0.717, 1.165) is 19.3 Å². The molecule has 0 radical (unpaired) electrons. The van der Waals surface area contributed by atoms with Crippen LogP contribution in [0.1, 0.15) is 174 Å². The van der Waals surface area contributed by atoms with Crippen LogP contribution in [0.4, 0.5) is 0 Å². The van der Waals surface area contributed by atoms with Crippen molar-refractivity contribution in [1.29, 1.82) is 0 Å². The average Bonchev–Trinajstić information content (AvgIpc) is 2.93. The highest BCUT2D eigenvalue weighted by Gasteiger charge is 2.21. The molecule has 0 aliphatic heterocycles. The molecule has 0 saturated heterocycles. The first kappa shape index (κ1) is 37.4. The van der Waals surface area contributed by atoms with Gasteiger partial charge in [-0.3, -0.25) is 9.59 Å². The molecule has 4 nitrogen and oxygen atoms in total. The number of carbonyl (C=O) groups is 2. The lowest BCUT2D eigenvalue weighted by atomic mass is 9.97. The Morgan fingerprint density at radius 1 is 0.641 bits per heavy atom. The minimum atomic E-state index is -0.903. The zero-order chi connectivity index (χ0) is 28.7. The van der Waals surface area contributed by atoms with Crippen molar-refractivity contribution < 1.29 is 19.4 Å². The van der Waals surface area contributed by atoms with Crippen molar-refractivity contribution >= 4 is 11.9 Å². The number of esters is 1. The third kappa shape index (κ3) is 29.2. The van der Waals surface area contributed by atoms with Crippen LogP contribution in [0.2, 0.25) is 0 Å². The van der Waals surface area contributed by atoms with Gasteiger partial charge >= 0.3 is 11.9 Å². The minimum absolute atomic E-state index is 0.0438. The van der Waals surface area contributed by atoms with Crippen molar-refractivity contribution in [3.8, 4) is 0 Å². The van der Waals surface area contributed by atoms with Crippen LogP contribution >= 0.6 is 0 Å². The van der Waals surface area contributed by atoms with Gasteiger partial charge in [0.15, 0.2) is 0 Å². The Hall–Kier alpha value is -1.58. The molecule has 1 N–H and O–H groups in total. The molecule has 0 heterocycles. The van der Waals surface area contributed by atoms with Gasteiger partial charge in [-0.15, -0.1) is 0 Å². The Bertz CT molecular complexity index is 583. The molecular formula is C35H64O4. The molecule has 1 unspecified atom stereocenters. The summed E-state index contributed by atoms with van der Waals surface area (Å²) in [4.78, 5) is 23.0. The van der Waals surface area contributed by atoms with Crippen molar-refractivity contribution in [3.05, 3.63) is 24.8 Å². The standard InChI is InChI=1S/C35H64O4/c1-3-5-6-7-8-9-10-11-12-13-14-15-16-17-18-19-20-21-22-23-24-25-26-27-28-29-30-33(35(37)38)32-34(36)39-31-4-2/h4,18-19,33H,2-3,5-17,20-32H2,1H3,(H,37,38)/b19-18+. The van der Waals surface area contributed by atoms with Gasteiger partial charge < -0.3 is 9.84 Å². The molecular weight excluding hydrogens is 484 g/mol. The molecule has 0 aromatic heterocycles. The number of ether oxygens (including phenoxy) is 1. The fourth-order valence-corrected chi connectivity index (χ4v) is 5.13. The number of carbonyl (C=O) groups excluding carboxylic acids is 1. The molecule has 39 heavy (non-hydrogen) atoms. The Labute approximate surface area is 242 Å². The zero-order valence-corrected chi connectivity index (χ0v) is 25.8. The van der Waals surface area contributed by atoms with Crippen molar-refractivity contribution in [2.24, 2.45) is 5.92 Å². The molecule has 0 amide bonds. The molecule has 0 aliphatic carbocycles. The summed E-state index contributed by atoms with van der Waals surface area (Å²) >= 11 is 0. The van der Waals surface area contributed by atoms with Gasteiger partial charge in [0.2, 0.25) is 0 Å². The molecule has 0 aromatic rings. The topological polar surface area (TPSA) is 63.6 Å². The van der Waals surface area contributed by atoms with Crippen LogP contribution in [-0.2, 0) is 14.3 Å². The van der Waals surface area contributed by atoms with Crippen molar-refractivity contribution in [2.75, 3.05) is 6.61 Å². The maximum atomic E-state index is 11.6. The third-order valence-corrected chi connectivity index (χ3v) is 7.69. The number of aliphatic carboxylic acids is 1. The number of hydrogen-bond donors (Lipinski definition) is 1. The Morgan fingerprint density at radius 2 is 1.03 bits per heavy atom. The first-order valence-electron chi connectivity index (χ1n) is 16.8. The number of allylic oxidation sites excluding steroid dienone is 2. The summed E-state index contributed by atoms with van der Waals surface area (Å²) in [5.74, 6) is -1.99. The van der Waals surface area contributed by atoms with E-state index in [-0.39, 0.29) is 13.0 Å². The van der Waals surface area contributed by atoms with E-state index < -0.39 is 17.9 Å². The van der Waals surface area contributed by atoms with Gasteiger partial charge in [-0.1, -0.05) is 160 Å². The number of carboxylic acids is 1. The van der Waals surface area contributed by atoms with Crippen LogP contribution in [0, 0.1) is 5.92 Å². The predicted octanol–water partition coefficient (Wildman–Crippen LogP) is 11.1. The van der Waals surface area contributed by atoms with E-state index in [0.29, 0.717) is 6.42 Å². The highest BCUT2D eigenvalue weighted by atomic mass is 16.5. The molecule has 4 heteroatoms. The molecule has 0 rings (SSSR count). The highest BCUT2D eigenvalue weighted by molar-refractivity contribution is 5.78. The maximum absolute atomic E-state index is 11.6. The maximum Gasteiger partial charge on any atom is 0.307 e. The molecule has 0 saturated carbocycles. The van der Waals surface area contributed by atoms with Crippen molar-refractivity contribution in [3.63, 3.8) is 0 Å². The summed E-state index contributed by atoms with van der Waals surface area (Å²) in [5, 5.41) is 9.31. The van der Waals surface area contributed by atoms with Gasteiger partial charge in [0.25, 0.3) is 0 Å². The molecule has 1 atom stereocenters. The van der Waals surface area contributed by atoms with Gasteiger partial charge in [-0.25, -0.2) is 0 Å². The van der Waals surface area contributed by atoms with E-state index in [9.17, 15) is 14.7 Å².